The largest absolute Gasteiger partial charge is 0.495 e. The summed E-state index contributed by atoms with van der Waals surface area (Å²) < 4.78 is 32.9. The molecule has 20 heavy (non-hydrogen) atoms. The summed E-state index contributed by atoms with van der Waals surface area (Å²) in [5.41, 5.74) is 6.19. The third kappa shape index (κ3) is 3.25. The summed E-state index contributed by atoms with van der Waals surface area (Å²) >= 11 is 5.98. The summed E-state index contributed by atoms with van der Waals surface area (Å²) in [6, 6.07) is 3.01. The Morgan fingerprint density at radius 3 is 2.60 bits per heavy atom. The van der Waals surface area contributed by atoms with E-state index in [4.69, 9.17) is 22.1 Å². The van der Waals surface area contributed by atoms with Crippen LogP contribution in [-0.4, -0.2) is 21.6 Å². The number of sulfonamides is 1. The molecule has 0 aromatic heterocycles. The smallest absolute Gasteiger partial charge is 0.244 e. The molecule has 0 radical (unpaired) electrons. The van der Waals surface area contributed by atoms with E-state index in [1.807, 2.05) is 0 Å². The maximum absolute atomic E-state index is 12.5. The molecule has 1 saturated carbocycles. The van der Waals surface area contributed by atoms with Crippen molar-refractivity contribution in [3.63, 3.8) is 0 Å². The van der Waals surface area contributed by atoms with E-state index in [1.54, 1.807) is 6.07 Å². The van der Waals surface area contributed by atoms with Gasteiger partial charge in [0.05, 0.1) is 7.11 Å². The van der Waals surface area contributed by atoms with E-state index in [0.29, 0.717) is 10.6 Å². The van der Waals surface area contributed by atoms with Crippen LogP contribution in [0.5, 0.6) is 5.75 Å². The molecule has 0 unspecified atom stereocenters. The summed E-state index contributed by atoms with van der Waals surface area (Å²) in [7, 11) is -2.23. The van der Waals surface area contributed by atoms with Gasteiger partial charge >= 0.3 is 0 Å². The number of benzene rings is 1. The number of halogens is 1. The van der Waals surface area contributed by atoms with Crippen molar-refractivity contribution < 1.29 is 13.2 Å². The molecule has 5 nitrogen and oxygen atoms in total. The van der Waals surface area contributed by atoms with Crippen LogP contribution in [0.3, 0.4) is 0 Å². The minimum Gasteiger partial charge on any atom is -0.495 e. The molecule has 1 aromatic rings. The van der Waals surface area contributed by atoms with Crippen molar-refractivity contribution in [3.8, 4) is 5.75 Å². The monoisotopic (exact) mass is 318 g/mol. The van der Waals surface area contributed by atoms with Gasteiger partial charge in [-0.2, -0.15) is 0 Å². The highest BCUT2D eigenvalue weighted by Crippen LogP contribution is 2.32. The SMILES string of the molecule is COc1c(CN)cc(Cl)cc1S(=O)(=O)NC1CCCC1. The molecular formula is C13H19ClN2O3S. The van der Waals surface area contributed by atoms with Gasteiger partial charge in [-0.25, -0.2) is 13.1 Å². The van der Waals surface area contributed by atoms with Gasteiger partial charge in [-0.3, -0.25) is 0 Å². The van der Waals surface area contributed by atoms with Crippen LogP contribution in [-0.2, 0) is 16.6 Å². The molecule has 0 amide bonds. The predicted octanol–water partition coefficient (Wildman–Crippen LogP) is 2.03. The minimum absolute atomic E-state index is 0.00925. The Hall–Kier alpha value is -0.820. The molecule has 0 aliphatic heterocycles. The van der Waals surface area contributed by atoms with Gasteiger partial charge in [0.15, 0.2) is 0 Å². The molecular weight excluding hydrogens is 300 g/mol. The first kappa shape index (κ1) is 15.6. The van der Waals surface area contributed by atoms with E-state index in [2.05, 4.69) is 4.72 Å². The van der Waals surface area contributed by atoms with Crippen LogP contribution in [0.2, 0.25) is 5.02 Å². The quantitative estimate of drug-likeness (QED) is 0.870. The summed E-state index contributed by atoms with van der Waals surface area (Å²) in [6.45, 7) is 0.162. The van der Waals surface area contributed by atoms with Crippen molar-refractivity contribution in [3.05, 3.63) is 22.7 Å². The summed E-state index contributed by atoms with van der Waals surface area (Å²) in [5.74, 6) is 0.266. The molecule has 1 aliphatic carbocycles. The fourth-order valence-electron chi connectivity index (χ4n) is 2.53. The third-order valence-corrected chi connectivity index (χ3v) is 5.23. The Morgan fingerprint density at radius 1 is 1.40 bits per heavy atom. The number of ether oxygens (including phenoxy) is 1. The molecule has 0 heterocycles. The average molecular weight is 319 g/mol. The lowest BCUT2D eigenvalue weighted by Crippen LogP contribution is -2.33. The van der Waals surface area contributed by atoms with Crippen molar-refractivity contribution in [1.82, 2.24) is 4.72 Å². The Bertz CT molecular complexity index is 584. The zero-order valence-electron chi connectivity index (χ0n) is 11.4. The first-order chi connectivity index (χ1) is 9.47. The highest BCUT2D eigenvalue weighted by molar-refractivity contribution is 7.89. The van der Waals surface area contributed by atoms with Crippen LogP contribution in [0.25, 0.3) is 0 Å². The lowest BCUT2D eigenvalue weighted by Gasteiger charge is -2.17. The molecule has 1 fully saturated rings. The van der Waals surface area contributed by atoms with Gasteiger partial charge in [0, 0.05) is 23.2 Å². The van der Waals surface area contributed by atoms with Crippen LogP contribution < -0.4 is 15.2 Å². The molecule has 1 aromatic carbocycles. The highest BCUT2D eigenvalue weighted by atomic mass is 35.5. The number of hydrogen-bond acceptors (Lipinski definition) is 4. The van der Waals surface area contributed by atoms with E-state index in [9.17, 15) is 8.42 Å². The number of hydrogen-bond donors (Lipinski definition) is 2. The van der Waals surface area contributed by atoms with Crippen molar-refractivity contribution in [2.24, 2.45) is 5.73 Å². The summed E-state index contributed by atoms with van der Waals surface area (Å²) in [5, 5.41) is 0.332. The van der Waals surface area contributed by atoms with Gasteiger partial charge in [0.1, 0.15) is 10.6 Å². The topological polar surface area (TPSA) is 81.4 Å². The third-order valence-electron chi connectivity index (χ3n) is 3.49. The Labute approximate surface area is 124 Å². The Morgan fingerprint density at radius 2 is 2.05 bits per heavy atom. The first-order valence-electron chi connectivity index (χ1n) is 6.56. The second kappa shape index (κ2) is 6.30. The highest BCUT2D eigenvalue weighted by Gasteiger charge is 2.27. The van der Waals surface area contributed by atoms with Crippen molar-refractivity contribution in [2.75, 3.05) is 7.11 Å². The fraction of sp³-hybridized carbons (Fsp3) is 0.538. The lowest BCUT2D eigenvalue weighted by atomic mass is 10.2. The number of nitrogens with two attached hydrogens (primary N) is 1. The van der Waals surface area contributed by atoms with Gasteiger partial charge in [-0.1, -0.05) is 24.4 Å². The average Bonchev–Trinajstić information content (AvgIpc) is 2.89. The zero-order valence-corrected chi connectivity index (χ0v) is 12.9. The molecule has 2 rings (SSSR count). The van der Waals surface area contributed by atoms with Gasteiger partial charge in [0.2, 0.25) is 10.0 Å². The minimum atomic E-state index is -3.66. The van der Waals surface area contributed by atoms with E-state index < -0.39 is 10.0 Å². The van der Waals surface area contributed by atoms with Crippen LogP contribution >= 0.6 is 11.6 Å². The standard InChI is InChI=1S/C13H19ClN2O3S/c1-19-13-9(8-15)6-10(14)7-12(13)20(17,18)16-11-4-2-3-5-11/h6-7,11,16H,2-5,8,15H2,1H3. The van der Waals surface area contributed by atoms with Gasteiger partial charge in [-0.15, -0.1) is 0 Å². The number of nitrogens with one attached hydrogen (secondary N) is 1. The molecule has 3 N–H and O–H groups in total. The maximum atomic E-state index is 12.5. The van der Waals surface area contributed by atoms with Crippen LogP contribution in [0.4, 0.5) is 0 Å². The summed E-state index contributed by atoms with van der Waals surface area (Å²) in [4.78, 5) is 0.0554. The number of rotatable bonds is 5. The second-order valence-corrected chi connectivity index (χ2v) is 7.02. The molecule has 0 saturated heterocycles. The van der Waals surface area contributed by atoms with E-state index in [1.165, 1.54) is 13.2 Å². The second-order valence-electron chi connectivity index (χ2n) is 4.90. The Kier molecular flexibility index (Phi) is 4.90. The first-order valence-corrected chi connectivity index (χ1v) is 8.43. The maximum Gasteiger partial charge on any atom is 0.244 e. The Balaban J connectivity index is 2.41. The predicted molar refractivity (Wildman–Crippen MR) is 78.5 cm³/mol. The van der Waals surface area contributed by atoms with Crippen LogP contribution in [0, 0.1) is 0 Å². The molecule has 0 spiro atoms. The van der Waals surface area contributed by atoms with Crippen molar-refractivity contribution >= 4 is 21.6 Å². The van der Waals surface area contributed by atoms with Crippen LogP contribution in [0.15, 0.2) is 17.0 Å². The molecule has 0 atom stereocenters. The van der Waals surface area contributed by atoms with Crippen LogP contribution in [0.1, 0.15) is 31.2 Å². The molecule has 112 valence electrons. The normalized spacial score (nSPS) is 16.6. The van der Waals surface area contributed by atoms with Crippen molar-refractivity contribution in [2.45, 2.75) is 43.2 Å². The molecule has 0 bridgehead atoms. The fourth-order valence-corrected chi connectivity index (χ4v) is 4.38. The van der Waals surface area contributed by atoms with Crippen molar-refractivity contribution in [1.29, 1.82) is 0 Å². The van der Waals surface area contributed by atoms with E-state index in [-0.39, 0.29) is 23.2 Å². The number of methoxy groups -OCH3 is 1. The zero-order chi connectivity index (χ0) is 14.8. The van der Waals surface area contributed by atoms with Gasteiger partial charge < -0.3 is 10.5 Å². The molecule has 7 heteroatoms. The van der Waals surface area contributed by atoms with Gasteiger partial charge in [-0.05, 0) is 25.0 Å². The van der Waals surface area contributed by atoms with Gasteiger partial charge in [0.25, 0.3) is 0 Å². The van der Waals surface area contributed by atoms with E-state index in [0.717, 1.165) is 25.7 Å². The van der Waals surface area contributed by atoms with E-state index >= 15 is 0 Å². The molecule has 1 aliphatic rings. The summed E-state index contributed by atoms with van der Waals surface area (Å²) in [6.07, 6.45) is 3.83. The lowest BCUT2D eigenvalue weighted by molar-refractivity contribution is 0.397.